The van der Waals surface area contributed by atoms with Crippen LogP contribution in [0.25, 0.3) is 0 Å². The predicted molar refractivity (Wildman–Crippen MR) is 66.8 cm³/mol. The van der Waals surface area contributed by atoms with Crippen LogP contribution < -0.4 is 0 Å². The molecule has 0 saturated carbocycles. The van der Waals surface area contributed by atoms with Gasteiger partial charge in [-0.1, -0.05) is 0 Å². The molecule has 0 N–H and O–H groups in total. The van der Waals surface area contributed by atoms with Crippen LogP contribution in [-0.4, -0.2) is 30.1 Å². The minimum atomic E-state index is -4.68. The van der Waals surface area contributed by atoms with E-state index in [4.69, 9.17) is 0 Å². The van der Waals surface area contributed by atoms with Crippen molar-refractivity contribution in [2.45, 2.75) is 19.3 Å². The third kappa shape index (κ3) is 4.90. The zero-order valence-corrected chi connectivity index (χ0v) is 12.2. The number of benzene rings is 1. The molecule has 1 rings (SSSR count). The van der Waals surface area contributed by atoms with Gasteiger partial charge in [-0.25, -0.2) is 0 Å². The summed E-state index contributed by atoms with van der Waals surface area (Å²) < 4.78 is 74.8. The SMILES string of the molecule is CCN(CC(F)(F)F)C(=O)c1cc(C(F)(F)F)ccc1Br. The Hall–Kier alpha value is -1.25. The van der Waals surface area contributed by atoms with E-state index in [1.54, 1.807) is 0 Å². The number of amides is 1. The van der Waals surface area contributed by atoms with Crippen LogP contribution >= 0.6 is 15.9 Å². The summed E-state index contributed by atoms with van der Waals surface area (Å²) in [6.45, 7) is -0.489. The highest BCUT2D eigenvalue weighted by molar-refractivity contribution is 9.10. The fourth-order valence-corrected chi connectivity index (χ4v) is 2.00. The predicted octanol–water partition coefficient (Wildman–Crippen LogP) is 4.49. The maximum absolute atomic E-state index is 12.6. The van der Waals surface area contributed by atoms with Gasteiger partial charge in [0.1, 0.15) is 6.54 Å². The smallest absolute Gasteiger partial charge is 0.330 e. The van der Waals surface area contributed by atoms with Crippen molar-refractivity contribution in [3.63, 3.8) is 0 Å². The van der Waals surface area contributed by atoms with E-state index in [0.29, 0.717) is 11.0 Å². The van der Waals surface area contributed by atoms with Gasteiger partial charge in [-0.05, 0) is 41.1 Å². The van der Waals surface area contributed by atoms with Gasteiger partial charge in [0, 0.05) is 11.0 Å². The van der Waals surface area contributed by atoms with Gasteiger partial charge in [0.15, 0.2) is 0 Å². The van der Waals surface area contributed by atoms with Gasteiger partial charge in [-0.2, -0.15) is 26.3 Å². The molecule has 0 heterocycles. The van der Waals surface area contributed by atoms with Crippen LogP contribution in [0.1, 0.15) is 22.8 Å². The Morgan fingerprint density at radius 3 is 2.19 bits per heavy atom. The monoisotopic (exact) mass is 377 g/mol. The van der Waals surface area contributed by atoms with Crippen LogP contribution in [0.3, 0.4) is 0 Å². The molecule has 0 fully saturated rings. The normalized spacial score (nSPS) is 12.4. The molecule has 118 valence electrons. The van der Waals surface area contributed by atoms with E-state index in [-0.39, 0.29) is 11.0 Å². The second-order valence-electron chi connectivity index (χ2n) is 4.13. The number of halogens is 7. The lowest BCUT2D eigenvalue weighted by atomic mass is 10.1. The first kappa shape index (κ1) is 17.8. The number of hydrogen-bond acceptors (Lipinski definition) is 1. The number of carbonyl (C=O) groups excluding carboxylic acids is 1. The standard InChI is InChI=1S/C12H10BrF6NO/c1-2-20(6-11(14,15)16)10(21)8-5-7(12(17,18)19)3-4-9(8)13/h3-5H,2,6H2,1H3. The third-order valence-electron chi connectivity index (χ3n) is 2.56. The second-order valence-corrected chi connectivity index (χ2v) is 4.98. The highest BCUT2D eigenvalue weighted by atomic mass is 79.9. The molecule has 1 aromatic rings. The largest absolute Gasteiger partial charge is 0.416 e. The van der Waals surface area contributed by atoms with Crippen molar-refractivity contribution in [3.05, 3.63) is 33.8 Å². The summed E-state index contributed by atoms with van der Waals surface area (Å²) in [6, 6.07) is 2.25. The molecule has 0 radical (unpaired) electrons. The van der Waals surface area contributed by atoms with Crippen LogP contribution in [0.2, 0.25) is 0 Å². The van der Waals surface area contributed by atoms with Crippen molar-refractivity contribution in [3.8, 4) is 0 Å². The Kier molecular flexibility index (Phi) is 5.30. The van der Waals surface area contributed by atoms with Gasteiger partial charge in [0.2, 0.25) is 0 Å². The molecule has 1 amide bonds. The quantitative estimate of drug-likeness (QED) is 0.710. The highest BCUT2D eigenvalue weighted by Gasteiger charge is 2.35. The Labute approximate surface area is 124 Å². The highest BCUT2D eigenvalue weighted by Crippen LogP contribution is 2.32. The summed E-state index contributed by atoms with van der Waals surface area (Å²) in [5.74, 6) is -1.12. The number of alkyl halides is 6. The van der Waals surface area contributed by atoms with Gasteiger partial charge in [0.25, 0.3) is 5.91 Å². The first-order valence-electron chi connectivity index (χ1n) is 5.68. The van der Waals surface area contributed by atoms with Crippen LogP contribution in [0.5, 0.6) is 0 Å². The molecular weight excluding hydrogens is 368 g/mol. The Balaban J connectivity index is 3.16. The lowest BCUT2D eigenvalue weighted by molar-refractivity contribution is -0.140. The minimum absolute atomic E-state index is 0.00104. The van der Waals surface area contributed by atoms with E-state index in [1.807, 2.05) is 0 Å². The van der Waals surface area contributed by atoms with Crippen molar-refractivity contribution in [1.82, 2.24) is 4.90 Å². The Morgan fingerprint density at radius 1 is 1.19 bits per heavy atom. The Morgan fingerprint density at radius 2 is 1.76 bits per heavy atom. The molecule has 0 unspecified atom stereocenters. The fraction of sp³-hybridized carbons (Fsp3) is 0.417. The average molecular weight is 378 g/mol. The summed E-state index contributed by atoms with van der Waals surface area (Å²) in [6.07, 6.45) is -9.31. The van der Waals surface area contributed by atoms with Crippen LogP contribution in [0, 0.1) is 0 Å². The van der Waals surface area contributed by atoms with E-state index in [9.17, 15) is 31.1 Å². The molecule has 0 saturated heterocycles. The molecule has 2 nitrogen and oxygen atoms in total. The van der Waals surface area contributed by atoms with E-state index >= 15 is 0 Å². The number of hydrogen-bond donors (Lipinski definition) is 0. The molecule has 0 atom stereocenters. The number of rotatable bonds is 3. The molecule has 21 heavy (non-hydrogen) atoms. The van der Waals surface area contributed by atoms with E-state index in [0.717, 1.165) is 12.1 Å². The first-order chi connectivity index (χ1) is 9.45. The van der Waals surface area contributed by atoms with Gasteiger partial charge < -0.3 is 4.90 Å². The third-order valence-corrected chi connectivity index (χ3v) is 3.25. The topological polar surface area (TPSA) is 20.3 Å². The molecule has 0 aliphatic rings. The Bertz CT molecular complexity index is 525. The van der Waals surface area contributed by atoms with Crippen molar-refractivity contribution in [1.29, 1.82) is 0 Å². The first-order valence-corrected chi connectivity index (χ1v) is 6.47. The summed E-state index contributed by atoms with van der Waals surface area (Å²) in [4.78, 5) is 12.4. The van der Waals surface area contributed by atoms with Crippen LogP contribution in [0.4, 0.5) is 26.3 Å². The lowest BCUT2D eigenvalue weighted by Gasteiger charge is -2.23. The second kappa shape index (κ2) is 6.25. The van der Waals surface area contributed by atoms with E-state index in [1.165, 1.54) is 6.92 Å². The van der Waals surface area contributed by atoms with E-state index in [2.05, 4.69) is 15.9 Å². The molecule has 0 bridgehead atoms. The number of carbonyl (C=O) groups is 1. The fourth-order valence-electron chi connectivity index (χ4n) is 1.58. The summed E-state index contributed by atoms with van der Waals surface area (Å²) in [5, 5.41) is 0. The van der Waals surface area contributed by atoms with Gasteiger partial charge in [-0.15, -0.1) is 0 Å². The van der Waals surface area contributed by atoms with Crippen molar-refractivity contribution >= 4 is 21.8 Å². The van der Waals surface area contributed by atoms with Crippen molar-refractivity contribution in [2.24, 2.45) is 0 Å². The minimum Gasteiger partial charge on any atom is -0.330 e. The maximum Gasteiger partial charge on any atom is 0.416 e. The summed E-state index contributed by atoms with van der Waals surface area (Å²) >= 11 is 2.88. The zero-order chi connectivity index (χ0) is 16.4. The number of nitrogens with zero attached hydrogens (tertiary/aromatic N) is 1. The van der Waals surface area contributed by atoms with Crippen LogP contribution in [0.15, 0.2) is 22.7 Å². The molecule has 1 aromatic carbocycles. The summed E-state index contributed by atoms with van der Waals surface area (Å²) in [5.41, 5.74) is -1.56. The molecule has 9 heteroatoms. The zero-order valence-electron chi connectivity index (χ0n) is 10.6. The van der Waals surface area contributed by atoms with Gasteiger partial charge in [-0.3, -0.25) is 4.79 Å². The molecule has 0 spiro atoms. The molecular formula is C12H10BrF6NO. The summed E-state index contributed by atoms with van der Waals surface area (Å²) in [7, 11) is 0. The average Bonchev–Trinajstić information content (AvgIpc) is 2.33. The maximum atomic E-state index is 12.6. The molecule has 0 aromatic heterocycles. The van der Waals surface area contributed by atoms with Crippen molar-refractivity contribution in [2.75, 3.05) is 13.1 Å². The molecule has 0 aliphatic heterocycles. The van der Waals surface area contributed by atoms with E-state index < -0.39 is 35.9 Å². The van der Waals surface area contributed by atoms with Crippen LogP contribution in [-0.2, 0) is 6.18 Å². The van der Waals surface area contributed by atoms with Gasteiger partial charge >= 0.3 is 12.4 Å². The van der Waals surface area contributed by atoms with Crippen molar-refractivity contribution < 1.29 is 31.1 Å². The molecule has 0 aliphatic carbocycles. The van der Waals surface area contributed by atoms with Gasteiger partial charge in [0.05, 0.1) is 11.1 Å². The lowest BCUT2D eigenvalue weighted by Crippen LogP contribution is -2.39.